The van der Waals surface area contributed by atoms with Crippen molar-refractivity contribution in [2.75, 3.05) is 13.2 Å². The van der Waals surface area contributed by atoms with Gasteiger partial charge >= 0.3 is 19.8 Å². The molecular formula is C9H17O8P. The third-order valence-electron chi connectivity index (χ3n) is 1.12. The van der Waals surface area contributed by atoms with Crippen LogP contribution in [0.3, 0.4) is 0 Å². The van der Waals surface area contributed by atoms with Gasteiger partial charge in [-0.25, -0.2) is 14.2 Å². The van der Waals surface area contributed by atoms with Crippen LogP contribution in [0.25, 0.3) is 0 Å². The Labute approximate surface area is 104 Å². The maximum atomic E-state index is 10.7. The average Bonchev–Trinajstić information content (AvgIpc) is 2.24. The fourth-order valence-electron chi connectivity index (χ4n) is 0.550. The highest BCUT2D eigenvalue weighted by atomic mass is 31.2. The van der Waals surface area contributed by atoms with Crippen molar-refractivity contribution in [1.29, 1.82) is 0 Å². The summed E-state index contributed by atoms with van der Waals surface area (Å²) in [6, 6.07) is 0. The van der Waals surface area contributed by atoms with Crippen LogP contribution in [0.1, 0.15) is 20.3 Å². The van der Waals surface area contributed by atoms with Crippen LogP contribution in [0.5, 0.6) is 0 Å². The predicted molar refractivity (Wildman–Crippen MR) is 62.1 cm³/mol. The molecule has 0 amide bonds. The quantitative estimate of drug-likeness (QED) is 0.470. The second-order valence-corrected chi connectivity index (χ2v) is 4.18. The zero-order valence-electron chi connectivity index (χ0n) is 10.1. The van der Waals surface area contributed by atoms with Crippen LogP contribution >= 0.6 is 7.82 Å². The van der Waals surface area contributed by atoms with E-state index in [4.69, 9.17) is 15.1 Å². The Kier molecular flexibility index (Phi) is 11.6. The normalized spacial score (nSPS) is 13.5. The second-order valence-electron chi connectivity index (χ2n) is 2.73. The molecule has 1 unspecified atom stereocenters. The van der Waals surface area contributed by atoms with Gasteiger partial charge in [0, 0.05) is 12.2 Å². The highest BCUT2D eigenvalue weighted by molar-refractivity contribution is 7.47. The fourth-order valence-corrected chi connectivity index (χ4v) is 1.36. The predicted octanol–water partition coefficient (Wildman–Crippen LogP) is 1.26. The number of phosphoric acid groups is 1. The summed E-state index contributed by atoms with van der Waals surface area (Å²) in [5.41, 5.74) is 0. The minimum Gasteiger partial charge on any atom is -0.478 e. The lowest BCUT2D eigenvalue weighted by Crippen LogP contribution is -1.95. The lowest BCUT2D eigenvalue weighted by molar-refractivity contribution is -0.134. The van der Waals surface area contributed by atoms with Crippen LogP contribution in [0.15, 0.2) is 12.2 Å². The Morgan fingerprint density at radius 3 is 1.83 bits per heavy atom. The standard InChI is InChI=1S/C5H13O4P.C4H4O4/c1-3-5-9-10(6,7)8-4-2;5-3(6)1-2-4(7)8/h3-5H2,1-2H3,(H,6,7);1-2H,(H,5,6)(H,7,8). The van der Waals surface area contributed by atoms with Crippen molar-refractivity contribution in [2.45, 2.75) is 20.3 Å². The Morgan fingerprint density at radius 1 is 1.11 bits per heavy atom. The van der Waals surface area contributed by atoms with Crippen molar-refractivity contribution in [1.82, 2.24) is 0 Å². The van der Waals surface area contributed by atoms with Crippen molar-refractivity contribution in [2.24, 2.45) is 0 Å². The number of carbonyl (C=O) groups is 2. The van der Waals surface area contributed by atoms with Gasteiger partial charge in [-0.2, -0.15) is 0 Å². The first-order chi connectivity index (χ1) is 8.25. The molecule has 0 saturated carbocycles. The van der Waals surface area contributed by atoms with E-state index in [1.54, 1.807) is 6.92 Å². The van der Waals surface area contributed by atoms with E-state index in [0.29, 0.717) is 18.6 Å². The molecule has 0 heterocycles. The van der Waals surface area contributed by atoms with Crippen molar-refractivity contribution >= 4 is 19.8 Å². The summed E-state index contributed by atoms with van der Waals surface area (Å²) in [6.07, 6.45) is 1.82. The van der Waals surface area contributed by atoms with Crippen LogP contribution < -0.4 is 0 Å². The van der Waals surface area contributed by atoms with Crippen molar-refractivity contribution < 1.29 is 38.3 Å². The lowest BCUT2D eigenvalue weighted by Gasteiger charge is -2.08. The second kappa shape index (κ2) is 10.9. The third kappa shape index (κ3) is 17.2. The van der Waals surface area contributed by atoms with Crippen LogP contribution in [-0.4, -0.2) is 40.3 Å². The summed E-state index contributed by atoms with van der Waals surface area (Å²) < 4.78 is 19.6. The molecule has 0 radical (unpaired) electrons. The molecule has 106 valence electrons. The Balaban J connectivity index is 0. The minimum atomic E-state index is -3.71. The Morgan fingerprint density at radius 2 is 1.56 bits per heavy atom. The van der Waals surface area contributed by atoms with Gasteiger partial charge in [-0.1, -0.05) is 6.92 Å². The molecule has 8 nitrogen and oxygen atoms in total. The maximum absolute atomic E-state index is 10.7. The van der Waals surface area contributed by atoms with E-state index < -0.39 is 19.8 Å². The van der Waals surface area contributed by atoms with Gasteiger partial charge in [0.05, 0.1) is 13.2 Å². The monoisotopic (exact) mass is 284 g/mol. The SMILES string of the molecule is CCCOP(=O)(O)OCC.O=C(O)C=CC(=O)O. The lowest BCUT2D eigenvalue weighted by atomic mass is 10.5. The molecule has 0 aliphatic heterocycles. The van der Waals surface area contributed by atoms with Crippen LogP contribution in [0, 0.1) is 0 Å². The number of phosphoric ester groups is 1. The first-order valence-electron chi connectivity index (χ1n) is 5.01. The summed E-state index contributed by atoms with van der Waals surface area (Å²) in [5.74, 6) is -2.51. The van der Waals surface area contributed by atoms with Crippen LogP contribution in [-0.2, 0) is 23.2 Å². The van der Waals surface area contributed by atoms with Gasteiger partial charge in [-0.05, 0) is 13.3 Å². The van der Waals surface area contributed by atoms with Gasteiger partial charge in [0.2, 0.25) is 0 Å². The number of aliphatic carboxylic acids is 2. The molecule has 0 aliphatic rings. The Hall–Kier alpha value is -1.21. The molecule has 0 spiro atoms. The maximum Gasteiger partial charge on any atom is 0.472 e. The molecule has 18 heavy (non-hydrogen) atoms. The zero-order chi connectivity index (χ0) is 14.6. The van der Waals surface area contributed by atoms with Gasteiger partial charge in [-0.3, -0.25) is 9.05 Å². The van der Waals surface area contributed by atoms with Crippen molar-refractivity contribution in [3.8, 4) is 0 Å². The molecule has 0 fully saturated rings. The minimum absolute atomic E-state index is 0.192. The van der Waals surface area contributed by atoms with Gasteiger partial charge in [0.25, 0.3) is 0 Å². The van der Waals surface area contributed by atoms with Crippen LogP contribution in [0.2, 0.25) is 0 Å². The molecule has 0 aliphatic carbocycles. The molecular weight excluding hydrogens is 267 g/mol. The number of carboxylic acid groups (broad SMARTS) is 2. The largest absolute Gasteiger partial charge is 0.478 e. The van der Waals surface area contributed by atoms with E-state index in [9.17, 15) is 14.2 Å². The van der Waals surface area contributed by atoms with E-state index in [-0.39, 0.29) is 13.2 Å². The average molecular weight is 284 g/mol. The van der Waals surface area contributed by atoms with E-state index >= 15 is 0 Å². The first kappa shape index (κ1) is 19.1. The summed E-state index contributed by atoms with van der Waals surface area (Å²) in [5, 5.41) is 15.6. The number of hydrogen-bond donors (Lipinski definition) is 3. The van der Waals surface area contributed by atoms with Gasteiger partial charge in [0.15, 0.2) is 0 Å². The van der Waals surface area contributed by atoms with E-state index in [1.165, 1.54) is 0 Å². The van der Waals surface area contributed by atoms with Crippen molar-refractivity contribution in [3.63, 3.8) is 0 Å². The molecule has 0 rings (SSSR count). The fraction of sp³-hybridized carbons (Fsp3) is 0.556. The van der Waals surface area contributed by atoms with Crippen LogP contribution in [0.4, 0.5) is 0 Å². The summed E-state index contributed by atoms with van der Waals surface area (Å²) >= 11 is 0. The van der Waals surface area contributed by atoms with Gasteiger partial charge in [-0.15, -0.1) is 0 Å². The molecule has 0 saturated heterocycles. The highest BCUT2D eigenvalue weighted by Gasteiger charge is 2.18. The molecule has 1 atom stereocenters. The van der Waals surface area contributed by atoms with Gasteiger partial charge in [0.1, 0.15) is 0 Å². The molecule has 0 aromatic rings. The molecule has 0 bridgehead atoms. The van der Waals surface area contributed by atoms with E-state index in [1.807, 2.05) is 6.92 Å². The smallest absolute Gasteiger partial charge is 0.472 e. The molecule has 0 aromatic heterocycles. The number of carboxylic acids is 2. The topological polar surface area (TPSA) is 130 Å². The van der Waals surface area contributed by atoms with Crippen molar-refractivity contribution in [3.05, 3.63) is 12.2 Å². The zero-order valence-corrected chi connectivity index (χ0v) is 11.0. The molecule has 9 heteroatoms. The van der Waals surface area contributed by atoms with E-state index in [0.717, 1.165) is 0 Å². The summed E-state index contributed by atoms with van der Waals surface area (Å²) in [4.78, 5) is 27.9. The summed E-state index contributed by atoms with van der Waals surface area (Å²) in [6.45, 7) is 3.94. The first-order valence-corrected chi connectivity index (χ1v) is 6.50. The number of rotatable bonds is 7. The molecule has 3 N–H and O–H groups in total. The number of hydrogen-bond acceptors (Lipinski definition) is 5. The van der Waals surface area contributed by atoms with E-state index in [2.05, 4.69) is 9.05 Å². The van der Waals surface area contributed by atoms with Gasteiger partial charge < -0.3 is 15.1 Å². The summed E-state index contributed by atoms with van der Waals surface area (Å²) in [7, 11) is -3.71. The molecule has 0 aromatic carbocycles. The third-order valence-corrected chi connectivity index (χ3v) is 2.21. The Bertz CT molecular complexity index is 309. The highest BCUT2D eigenvalue weighted by Crippen LogP contribution is 2.42.